The molecule has 168 valence electrons. The largest absolute Gasteiger partial charge is 0.508 e. The fraction of sp³-hybridized carbons (Fsp3) is 0.360. The number of nitrogens with zero attached hydrogens (tertiary/aromatic N) is 2. The van der Waals surface area contributed by atoms with Crippen LogP contribution in [0.15, 0.2) is 36.4 Å². The van der Waals surface area contributed by atoms with E-state index < -0.39 is 6.04 Å². The van der Waals surface area contributed by atoms with Gasteiger partial charge in [0.25, 0.3) is 5.91 Å². The summed E-state index contributed by atoms with van der Waals surface area (Å²) in [5.74, 6) is 0.106. The number of hydrogen-bond acceptors (Lipinski definition) is 5. The van der Waals surface area contributed by atoms with Gasteiger partial charge in [-0.15, -0.1) is 0 Å². The average molecular weight is 436 g/mol. The molecule has 0 radical (unpaired) electrons. The van der Waals surface area contributed by atoms with Crippen LogP contribution in [0.3, 0.4) is 0 Å². The maximum Gasteiger partial charge on any atom is 0.273 e. The minimum absolute atomic E-state index is 0.127. The quantitative estimate of drug-likeness (QED) is 0.476. The number of amides is 1. The van der Waals surface area contributed by atoms with E-state index in [0.29, 0.717) is 42.1 Å². The van der Waals surface area contributed by atoms with Crippen LogP contribution in [0.5, 0.6) is 11.5 Å². The topological polar surface area (TPSA) is 98.7 Å². The number of rotatable bonds is 7. The van der Waals surface area contributed by atoms with E-state index in [1.165, 1.54) is 0 Å². The first-order chi connectivity index (χ1) is 15.3. The number of aromatic nitrogens is 2. The van der Waals surface area contributed by atoms with Crippen molar-refractivity contribution in [3.63, 3.8) is 0 Å². The highest BCUT2D eigenvalue weighted by Crippen LogP contribution is 2.45. The maximum atomic E-state index is 13.4. The number of nitrogens with one attached hydrogen (secondary N) is 1. The molecule has 1 unspecified atom stereocenters. The van der Waals surface area contributed by atoms with Crippen LogP contribution in [-0.4, -0.2) is 50.5 Å². The summed E-state index contributed by atoms with van der Waals surface area (Å²) in [7, 11) is 0. The van der Waals surface area contributed by atoms with Gasteiger partial charge >= 0.3 is 0 Å². The highest BCUT2D eigenvalue weighted by atomic mass is 16.5. The summed E-state index contributed by atoms with van der Waals surface area (Å²) < 4.78 is 5.66. The number of carbonyl (C=O) groups excluding carboxylic acids is 1. The molecule has 1 amide bonds. The lowest BCUT2D eigenvalue weighted by Crippen LogP contribution is -2.31. The number of hydrogen-bond donors (Lipinski definition) is 3. The average Bonchev–Trinajstić information content (AvgIpc) is 3.24. The molecule has 0 saturated heterocycles. The van der Waals surface area contributed by atoms with Crippen molar-refractivity contribution in [2.75, 3.05) is 13.2 Å². The van der Waals surface area contributed by atoms with Crippen LogP contribution >= 0.6 is 0 Å². The van der Waals surface area contributed by atoms with Gasteiger partial charge in [0.2, 0.25) is 0 Å². The number of carbonyl (C=O) groups is 1. The van der Waals surface area contributed by atoms with Gasteiger partial charge in [-0.05, 0) is 69.0 Å². The molecule has 3 N–H and O–H groups in total. The van der Waals surface area contributed by atoms with Crippen LogP contribution in [0, 0.1) is 13.8 Å². The fourth-order valence-corrected chi connectivity index (χ4v) is 4.47. The smallest absolute Gasteiger partial charge is 0.273 e. The molecule has 2 heterocycles. The first-order valence-corrected chi connectivity index (χ1v) is 10.9. The molecule has 1 aliphatic heterocycles. The van der Waals surface area contributed by atoms with Crippen LogP contribution in [0.2, 0.25) is 0 Å². The summed E-state index contributed by atoms with van der Waals surface area (Å²) in [6, 6.07) is 10.2. The number of benzene rings is 2. The highest BCUT2D eigenvalue weighted by molar-refractivity contribution is 6.00. The highest BCUT2D eigenvalue weighted by Gasteiger charge is 2.42. The summed E-state index contributed by atoms with van der Waals surface area (Å²) in [6.45, 7) is 8.85. The lowest BCUT2D eigenvalue weighted by molar-refractivity contribution is 0.0601. The molecular weight excluding hydrogens is 406 g/mol. The Labute approximate surface area is 187 Å². The number of H-pyrrole nitrogens is 1. The molecule has 1 aliphatic rings. The molecule has 7 nitrogen and oxygen atoms in total. The number of fused-ring (bicyclic) bond motifs is 1. The Morgan fingerprint density at radius 1 is 1.19 bits per heavy atom. The second kappa shape index (κ2) is 8.67. The van der Waals surface area contributed by atoms with E-state index in [1.807, 2.05) is 39.8 Å². The third kappa shape index (κ3) is 3.96. The second-order valence-corrected chi connectivity index (χ2v) is 8.61. The van der Waals surface area contributed by atoms with Crippen molar-refractivity contribution >= 4 is 5.91 Å². The van der Waals surface area contributed by atoms with E-state index in [2.05, 4.69) is 10.2 Å². The Morgan fingerprint density at radius 2 is 1.97 bits per heavy atom. The van der Waals surface area contributed by atoms with Crippen molar-refractivity contribution in [1.82, 2.24) is 15.1 Å². The molecule has 0 saturated carbocycles. The van der Waals surface area contributed by atoms with Gasteiger partial charge in [0.15, 0.2) is 0 Å². The number of phenols is 2. The van der Waals surface area contributed by atoms with Crippen molar-refractivity contribution < 1.29 is 19.7 Å². The minimum atomic E-state index is -0.433. The SMILES string of the molecule is Cc1cc(C)c(-c2n[nH]c3c2C(c2cccc(O)c2)N(CCCOC(C)C)C3=O)c(O)c1. The molecule has 4 rings (SSSR count). The van der Waals surface area contributed by atoms with Crippen molar-refractivity contribution in [2.24, 2.45) is 0 Å². The summed E-state index contributed by atoms with van der Waals surface area (Å²) in [6.07, 6.45) is 0.809. The standard InChI is InChI=1S/C25H29N3O4/c1-14(2)32-10-6-9-28-24(17-7-5-8-18(29)13-17)21-22(26-27-23(21)25(28)31)20-16(4)11-15(3)12-19(20)30/h5,7-8,11-14,24,29-30H,6,9-10H2,1-4H3,(H,26,27). The lowest BCUT2D eigenvalue weighted by atomic mass is 9.93. The molecular formula is C25H29N3O4. The van der Waals surface area contributed by atoms with E-state index in [-0.39, 0.29) is 23.5 Å². The van der Waals surface area contributed by atoms with E-state index in [9.17, 15) is 15.0 Å². The van der Waals surface area contributed by atoms with Gasteiger partial charge in [-0.2, -0.15) is 5.10 Å². The molecule has 0 fully saturated rings. The van der Waals surface area contributed by atoms with Crippen molar-refractivity contribution in [3.8, 4) is 22.8 Å². The maximum absolute atomic E-state index is 13.4. The Bertz CT molecular complexity index is 1130. The Morgan fingerprint density at radius 3 is 2.66 bits per heavy atom. The van der Waals surface area contributed by atoms with Gasteiger partial charge < -0.3 is 19.8 Å². The zero-order valence-corrected chi connectivity index (χ0v) is 18.8. The van der Waals surface area contributed by atoms with E-state index in [0.717, 1.165) is 16.7 Å². The Balaban J connectivity index is 1.80. The van der Waals surface area contributed by atoms with Gasteiger partial charge in [0, 0.05) is 24.3 Å². The lowest BCUT2D eigenvalue weighted by Gasteiger charge is -2.27. The van der Waals surface area contributed by atoms with Crippen LogP contribution in [0.1, 0.15) is 59.1 Å². The van der Waals surface area contributed by atoms with Crippen LogP contribution < -0.4 is 0 Å². The van der Waals surface area contributed by atoms with Gasteiger partial charge in [0.1, 0.15) is 22.9 Å². The second-order valence-electron chi connectivity index (χ2n) is 8.61. The summed E-state index contributed by atoms with van der Waals surface area (Å²) in [4.78, 5) is 15.1. The minimum Gasteiger partial charge on any atom is -0.508 e. The Kier molecular flexibility index (Phi) is 5.93. The predicted molar refractivity (Wildman–Crippen MR) is 122 cm³/mol. The molecule has 7 heteroatoms. The molecule has 3 aromatic rings. The molecule has 1 aromatic heterocycles. The summed E-state index contributed by atoms with van der Waals surface area (Å²) >= 11 is 0. The molecule has 0 bridgehead atoms. The van der Waals surface area contributed by atoms with Gasteiger partial charge in [0.05, 0.1) is 12.1 Å². The fourth-order valence-electron chi connectivity index (χ4n) is 4.47. The van der Waals surface area contributed by atoms with Crippen LogP contribution in [0.25, 0.3) is 11.3 Å². The summed E-state index contributed by atoms with van der Waals surface area (Å²) in [5, 5.41) is 28.2. The first kappa shape index (κ1) is 21.9. The van der Waals surface area contributed by atoms with E-state index >= 15 is 0 Å². The zero-order chi connectivity index (χ0) is 23.0. The number of aromatic hydroxyl groups is 2. The van der Waals surface area contributed by atoms with Crippen LogP contribution in [-0.2, 0) is 4.74 Å². The Hall–Kier alpha value is -3.32. The third-order valence-electron chi connectivity index (χ3n) is 5.74. The number of aromatic amines is 1. The molecule has 0 aliphatic carbocycles. The molecule has 32 heavy (non-hydrogen) atoms. The van der Waals surface area contributed by atoms with Gasteiger partial charge in [-0.25, -0.2) is 0 Å². The monoisotopic (exact) mass is 435 g/mol. The zero-order valence-electron chi connectivity index (χ0n) is 18.8. The first-order valence-electron chi connectivity index (χ1n) is 10.9. The van der Waals surface area contributed by atoms with Gasteiger partial charge in [-0.1, -0.05) is 18.2 Å². The summed E-state index contributed by atoms with van der Waals surface area (Å²) in [5.41, 5.74) is 4.90. The van der Waals surface area contributed by atoms with Gasteiger partial charge in [-0.3, -0.25) is 9.89 Å². The van der Waals surface area contributed by atoms with E-state index in [1.54, 1.807) is 29.2 Å². The molecule has 1 atom stereocenters. The van der Waals surface area contributed by atoms with E-state index in [4.69, 9.17) is 4.74 Å². The number of ether oxygens (including phenoxy) is 1. The predicted octanol–water partition coefficient (Wildman–Crippen LogP) is 4.47. The molecule has 2 aromatic carbocycles. The molecule has 0 spiro atoms. The van der Waals surface area contributed by atoms with Crippen molar-refractivity contribution in [3.05, 3.63) is 64.3 Å². The number of phenolic OH excluding ortho intramolecular Hbond substituents is 2. The number of aryl methyl sites for hydroxylation is 2. The van der Waals surface area contributed by atoms with Crippen LogP contribution in [0.4, 0.5) is 0 Å². The normalized spacial score (nSPS) is 15.6. The van der Waals surface area contributed by atoms with Crippen molar-refractivity contribution in [1.29, 1.82) is 0 Å². The third-order valence-corrected chi connectivity index (χ3v) is 5.74. The van der Waals surface area contributed by atoms with Crippen molar-refractivity contribution in [2.45, 2.75) is 46.3 Å².